The first-order chi connectivity index (χ1) is 12.6. The van der Waals surface area contributed by atoms with Crippen LogP contribution in [0.4, 0.5) is 5.69 Å². The number of amides is 1. The van der Waals surface area contributed by atoms with Crippen molar-refractivity contribution in [3.63, 3.8) is 0 Å². The van der Waals surface area contributed by atoms with Gasteiger partial charge in [-0.05, 0) is 37.8 Å². The number of carbonyl (C=O) groups is 3. The van der Waals surface area contributed by atoms with Gasteiger partial charge in [0.2, 0.25) is 0 Å². The van der Waals surface area contributed by atoms with E-state index >= 15 is 0 Å². The second-order valence-corrected chi connectivity index (χ2v) is 6.98. The molecule has 1 aromatic rings. The average molecular weight is 354 g/mol. The highest BCUT2D eigenvalue weighted by atomic mass is 16.5. The van der Waals surface area contributed by atoms with E-state index in [0.717, 1.165) is 19.3 Å². The van der Waals surface area contributed by atoms with Crippen molar-refractivity contribution in [3.8, 4) is 6.07 Å². The van der Waals surface area contributed by atoms with Crippen LogP contribution in [0.25, 0.3) is 0 Å². The zero-order valence-corrected chi connectivity index (χ0v) is 14.6. The lowest BCUT2D eigenvalue weighted by molar-refractivity contribution is -0.156. The number of benzene rings is 1. The first kappa shape index (κ1) is 18.1. The minimum Gasteiger partial charge on any atom is -0.455 e. The van der Waals surface area contributed by atoms with Crippen molar-refractivity contribution >= 4 is 23.3 Å². The third kappa shape index (κ3) is 3.93. The van der Waals surface area contributed by atoms with Gasteiger partial charge in [-0.3, -0.25) is 19.3 Å². The average Bonchev–Trinajstić information content (AvgIpc) is 2.64. The molecule has 2 aliphatic rings. The summed E-state index contributed by atoms with van der Waals surface area (Å²) in [5.74, 6) is -0.922. The molecular weight excluding hydrogens is 332 g/mol. The maximum atomic E-state index is 12.4. The van der Waals surface area contributed by atoms with E-state index in [1.807, 2.05) is 12.1 Å². The second-order valence-electron chi connectivity index (χ2n) is 6.98. The highest BCUT2D eigenvalue weighted by Crippen LogP contribution is 2.40. The number of fused-ring (bicyclic) bond motifs is 2. The minimum absolute atomic E-state index is 0.0323. The van der Waals surface area contributed by atoms with Crippen LogP contribution in [-0.4, -0.2) is 30.8 Å². The SMILES string of the molecule is N#CCN(C(=O)COC(=O)C1C[C@H]2CCC[C@H](C1)C2=O)c1ccccc1. The molecule has 0 saturated heterocycles. The number of hydrogen-bond donors (Lipinski definition) is 0. The van der Waals surface area contributed by atoms with Crippen molar-refractivity contribution in [1.29, 1.82) is 5.26 Å². The molecule has 3 rings (SSSR count). The van der Waals surface area contributed by atoms with Crippen LogP contribution in [0.2, 0.25) is 0 Å². The zero-order valence-electron chi connectivity index (χ0n) is 14.6. The Morgan fingerprint density at radius 2 is 1.81 bits per heavy atom. The highest BCUT2D eigenvalue weighted by molar-refractivity contribution is 5.95. The van der Waals surface area contributed by atoms with Crippen LogP contribution in [0.3, 0.4) is 0 Å². The normalized spacial score (nSPS) is 24.4. The Labute approximate surface area is 152 Å². The number of Topliss-reactive ketones (excluding diaryl/α,β-unsaturated/α-hetero) is 1. The Bertz CT molecular complexity index is 709. The number of rotatable bonds is 5. The number of nitrogens with zero attached hydrogens (tertiary/aromatic N) is 2. The highest BCUT2D eigenvalue weighted by Gasteiger charge is 2.42. The Morgan fingerprint density at radius 3 is 2.42 bits per heavy atom. The van der Waals surface area contributed by atoms with Crippen LogP contribution >= 0.6 is 0 Å². The molecule has 0 radical (unpaired) electrons. The van der Waals surface area contributed by atoms with Crippen molar-refractivity contribution in [2.75, 3.05) is 18.1 Å². The summed E-state index contributed by atoms with van der Waals surface area (Å²) < 4.78 is 5.24. The molecule has 6 heteroatoms. The van der Waals surface area contributed by atoms with Gasteiger partial charge in [-0.1, -0.05) is 24.6 Å². The van der Waals surface area contributed by atoms with Crippen LogP contribution in [0.5, 0.6) is 0 Å². The van der Waals surface area contributed by atoms with E-state index in [4.69, 9.17) is 10.00 Å². The van der Waals surface area contributed by atoms with Crippen LogP contribution in [0.15, 0.2) is 30.3 Å². The van der Waals surface area contributed by atoms with Crippen molar-refractivity contribution in [2.24, 2.45) is 17.8 Å². The van der Waals surface area contributed by atoms with Gasteiger partial charge in [0.1, 0.15) is 12.3 Å². The van der Waals surface area contributed by atoms with Crippen molar-refractivity contribution in [3.05, 3.63) is 30.3 Å². The van der Waals surface area contributed by atoms with E-state index in [1.54, 1.807) is 24.3 Å². The van der Waals surface area contributed by atoms with Gasteiger partial charge in [0.05, 0.1) is 12.0 Å². The van der Waals surface area contributed by atoms with E-state index in [9.17, 15) is 14.4 Å². The molecule has 2 saturated carbocycles. The number of carbonyl (C=O) groups excluding carboxylic acids is 3. The van der Waals surface area contributed by atoms with Crippen LogP contribution in [0.1, 0.15) is 32.1 Å². The Hall–Kier alpha value is -2.68. The first-order valence-electron chi connectivity index (χ1n) is 9.03. The predicted octanol–water partition coefficient (Wildman–Crippen LogP) is 2.48. The molecule has 26 heavy (non-hydrogen) atoms. The van der Waals surface area contributed by atoms with E-state index in [0.29, 0.717) is 24.3 Å². The summed E-state index contributed by atoms with van der Waals surface area (Å²) in [6.45, 7) is -0.502. The van der Waals surface area contributed by atoms with Crippen molar-refractivity contribution in [2.45, 2.75) is 32.1 Å². The molecule has 136 valence electrons. The van der Waals surface area contributed by atoms with Crippen molar-refractivity contribution < 1.29 is 19.1 Å². The standard InChI is InChI=1S/C20H22N2O4/c21-9-10-22(17-7-2-1-3-8-17)18(23)13-26-20(25)16-11-14-5-4-6-15(12-16)19(14)24/h1-3,7-8,14-16H,4-6,10-13H2/t14-,15-/m1/s1. The summed E-state index contributed by atoms with van der Waals surface area (Å²) in [5.41, 5.74) is 0.591. The molecule has 2 fully saturated rings. The number of para-hydroxylation sites is 1. The van der Waals surface area contributed by atoms with Gasteiger partial charge >= 0.3 is 5.97 Å². The van der Waals surface area contributed by atoms with E-state index < -0.39 is 18.5 Å². The third-order valence-electron chi connectivity index (χ3n) is 5.32. The summed E-state index contributed by atoms with van der Waals surface area (Å²) in [6.07, 6.45) is 3.80. The van der Waals surface area contributed by atoms with Crippen LogP contribution < -0.4 is 4.90 Å². The fourth-order valence-electron chi connectivity index (χ4n) is 4.00. The topological polar surface area (TPSA) is 87.5 Å². The number of ether oxygens (including phenoxy) is 1. The summed E-state index contributed by atoms with van der Waals surface area (Å²) in [6, 6.07) is 10.8. The quantitative estimate of drug-likeness (QED) is 0.599. The molecule has 2 aliphatic carbocycles. The molecule has 2 bridgehead atoms. The lowest BCUT2D eigenvalue weighted by Crippen LogP contribution is -2.40. The third-order valence-corrected chi connectivity index (χ3v) is 5.32. The van der Waals surface area contributed by atoms with Gasteiger partial charge in [-0.25, -0.2) is 0 Å². The zero-order chi connectivity index (χ0) is 18.5. The molecule has 1 amide bonds. The molecule has 0 aliphatic heterocycles. The molecule has 0 heterocycles. The van der Waals surface area contributed by atoms with Crippen LogP contribution in [0, 0.1) is 29.1 Å². The maximum Gasteiger partial charge on any atom is 0.309 e. The van der Waals surface area contributed by atoms with E-state index in [-0.39, 0.29) is 24.3 Å². The van der Waals surface area contributed by atoms with Crippen LogP contribution in [-0.2, 0) is 19.1 Å². The summed E-state index contributed by atoms with van der Waals surface area (Å²) >= 11 is 0. The van der Waals surface area contributed by atoms with E-state index in [1.165, 1.54) is 4.90 Å². The smallest absolute Gasteiger partial charge is 0.309 e. The van der Waals surface area contributed by atoms with Gasteiger partial charge < -0.3 is 4.74 Å². The molecule has 6 nitrogen and oxygen atoms in total. The Balaban J connectivity index is 1.57. The molecule has 1 aromatic carbocycles. The van der Waals surface area contributed by atoms with Gasteiger partial charge in [-0.15, -0.1) is 0 Å². The fraction of sp³-hybridized carbons (Fsp3) is 0.500. The molecule has 0 N–H and O–H groups in total. The monoisotopic (exact) mass is 354 g/mol. The molecule has 0 spiro atoms. The summed E-state index contributed by atoms with van der Waals surface area (Å²) in [7, 11) is 0. The Kier molecular flexibility index (Phi) is 5.67. The minimum atomic E-state index is -0.432. The number of nitriles is 1. The number of anilines is 1. The van der Waals surface area contributed by atoms with Crippen molar-refractivity contribution in [1.82, 2.24) is 0 Å². The largest absolute Gasteiger partial charge is 0.455 e. The number of esters is 1. The number of ketones is 1. The fourth-order valence-corrected chi connectivity index (χ4v) is 4.00. The van der Waals surface area contributed by atoms with Gasteiger partial charge in [0, 0.05) is 17.5 Å². The Morgan fingerprint density at radius 1 is 1.15 bits per heavy atom. The molecule has 0 unspecified atom stereocenters. The summed E-state index contributed by atoms with van der Waals surface area (Å²) in [4.78, 5) is 38.2. The molecule has 2 atom stereocenters. The van der Waals surface area contributed by atoms with E-state index in [2.05, 4.69) is 0 Å². The lowest BCUT2D eigenvalue weighted by Gasteiger charge is -2.36. The summed E-state index contributed by atoms with van der Waals surface area (Å²) in [5, 5.41) is 8.96. The van der Waals surface area contributed by atoms with Gasteiger partial charge in [0.15, 0.2) is 6.61 Å². The van der Waals surface area contributed by atoms with Gasteiger partial charge in [-0.2, -0.15) is 5.26 Å². The number of hydrogen-bond acceptors (Lipinski definition) is 5. The maximum absolute atomic E-state index is 12.4. The second kappa shape index (κ2) is 8.13. The first-order valence-corrected chi connectivity index (χ1v) is 9.03. The predicted molar refractivity (Wildman–Crippen MR) is 93.9 cm³/mol. The molecular formula is C20H22N2O4. The van der Waals surface area contributed by atoms with Gasteiger partial charge in [0.25, 0.3) is 5.91 Å². The molecule has 0 aromatic heterocycles. The lowest BCUT2D eigenvalue weighted by atomic mass is 9.67.